The van der Waals surface area contributed by atoms with Crippen LogP contribution in [0.15, 0.2) is 79.0 Å². The fourth-order valence-corrected chi connectivity index (χ4v) is 4.07. The summed E-state index contributed by atoms with van der Waals surface area (Å²) in [6.07, 6.45) is 2.53. The fraction of sp³-hybridized carbons (Fsp3) is 0.308. The van der Waals surface area contributed by atoms with E-state index < -0.39 is 0 Å². The Bertz CT molecular complexity index is 912. The quantitative estimate of drug-likeness (QED) is 0.639. The molecule has 0 radical (unpaired) electrons. The van der Waals surface area contributed by atoms with E-state index in [0.29, 0.717) is 12.1 Å². The largest absolute Gasteiger partial charge is 0.354 e. The summed E-state index contributed by atoms with van der Waals surface area (Å²) in [6, 6.07) is 24.8. The summed E-state index contributed by atoms with van der Waals surface area (Å²) in [6.45, 7) is 4.61. The Labute approximate surface area is 184 Å². The molecular weight excluding hydrogens is 384 g/mol. The van der Waals surface area contributed by atoms with Gasteiger partial charge in [0.15, 0.2) is 0 Å². The van der Waals surface area contributed by atoms with Crippen LogP contribution in [0.5, 0.6) is 0 Å². The van der Waals surface area contributed by atoms with Crippen molar-refractivity contribution >= 4 is 11.7 Å². The number of aromatic nitrogens is 1. The van der Waals surface area contributed by atoms with Crippen molar-refractivity contribution in [2.24, 2.45) is 0 Å². The van der Waals surface area contributed by atoms with Crippen LogP contribution in [0.3, 0.4) is 0 Å². The molecule has 0 saturated carbocycles. The lowest BCUT2D eigenvalue weighted by molar-refractivity contribution is 0.0952. The number of amides is 1. The van der Waals surface area contributed by atoms with E-state index in [1.54, 1.807) is 6.20 Å². The predicted molar refractivity (Wildman–Crippen MR) is 126 cm³/mol. The van der Waals surface area contributed by atoms with Crippen molar-refractivity contribution < 1.29 is 4.79 Å². The van der Waals surface area contributed by atoms with Crippen LogP contribution in [-0.2, 0) is 0 Å². The Kier molecular flexibility index (Phi) is 6.95. The molecule has 0 bridgehead atoms. The lowest BCUT2D eigenvalue weighted by atomic mass is 9.88. The van der Waals surface area contributed by atoms with Gasteiger partial charge in [0, 0.05) is 44.8 Å². The summed E-state index contributed by atoms with van der Waals surface area (Å²) in [4.78, 5) is 21.8. The maximum atomic E-state index is 12.7. The molecule has 5 heteroatoms. The first-order valence-electron chi connectivity index (χ1n) is 11.0. The lowest BCUT2D eigenvalue weighted by Crippen LogP contribution is -2.44. The molecule has 0 aliphatic carbocycles. The van der Waals surface area contributed by atoms with Gasteiger partial charge in [0.25, 0.3) is 5.91 Å². The van der Waals surface area contributed by atoms with Gasteiger partial charge in [-0.15, -0.1) is 0 Å². The molecule has 1 fully saturated rings. The number of nitrogens with one attached hydrogen (secondary N) is 1. The van der Waals surface area contributed by atoms with Gasteiger partial charge in [0.1, 0.15) is 5.82 Å². The number of piperazine rings is 1. The Morgan fingerprint density at radius 2 is 1.52 bits per heavy atom. The molecule has 4 rings (SSSR count). The fourth-order valence-electron chi connectivity index (χ4n) is 4.07. The number of pyridine rings is 1. The molecule has 0 atom stereocenters. The minimum absolute atomic E-state index is 0.0719. The number of carbonyl (C=O) groups is 1. The second-order valence-electron chi connectivity index (χ2n) is 8.11. The SMILES string of the molecule is CN1CCN(c2ccc(C(=O)NCCC(c3ccccc3)c3ccccc3)cn2)CC1. The number of anilines is 1. The van der Waals surface area contributed by atoms with E-state index in [1.807, 2.05) is 24.3 Å². The van der Waals surface area contributed by atoms with Gasteiger partial charge in [-0.1, -0.05) is 60.7 Å². The average Bonchev–Trinajstić information content (AvgIpc) is 2.83. The smallest absolute Gasteiger partial charge is 0.252 e. The van der Waals surface area contributed by atoms with Crippen LogP contribution in [0, 0.1) is 0 Å². The number of hydrogen-bond acceptors (Lipinski definition) is 4. The summed E-state index contributed by atoms with van der Waals surface area (Å²) in [7, 11) is 2.14. The zero-order valence-electron chi connectivity index (χ0n) is 18.1. The van der Waals surface area contributed by atoms with Gasteiger partial charge in [-0.05, 0) is 36.7 Å². The molecule has 5 nitrogen and oxygen atoms in total. The first-order valence-corrected chi connectivity index (χ1v) is 11.0. The molecule has 0 unspecified atom stereocenters. The van der Waals surface area contributed by atoms with Crippen molar-refractivity contribution in [3.63, 3.8) is 0 Å². The number of rotatable bonds is 7. The maximum absolute atomic E-state index is 12.7. The van der Waals surface area contributed by atoms with Gasteiger partial charge in [-0.3, -0.25) is 4.79 Å². The molecular formula is C26H30N4O. The molecule has 1 saturated heterocycles. The minimum atomic E-state index is -0.0719. The molecule has 31 heavy (non-hydrogen) atoms. The van der Waals surface area contributed by atoms with Gasteiger partial charge < -0.3 is 15.1 Å². The first kappa shape index (κ1) is 21.1. The zero-order chi connectivity index (χ0) is 21.5. The van der Waals surface area contributed by atoms with Gasteiger partial charge in [0.05, 0.1) is 5.56 Å². The molecule has 2 heterocycles. The highest BCUT2D eigenvalue weighted by atomic mass is 16.1. The normalized spacial score (nSPS) is 14.6. The summed E-state index contributed by atoms with van der Waals surface area (Å²) in [5.74, 6) is 1.12. The Balaban J connectivity index is 1.35. The molecule has 2 aromatic carbocycles. The zero-order valence-corrected chi connectivity index (χ0v) is 18.1. The van der Waals surface area contributed by atoms with Crippen LogP contribution in [0.2, 0.25) is 0 Å². The number of carbonyl (C=O) groups excluding carboxylic acids is 1. The number of likely N-dealkylation sites (N-methyl/N-ethyl adjacent to an activating group) is 1. The van der Waals surface area contributed by atoms with Crippen molar-refractivity contribution in [1.82, 2.24) is 15.2 Å². The third-order valence-corrected chi connectivity index (χ3v) is 5.96. The van der Waals surface area contributed by atoms with Crippen LogP contribution >= 0.6 is 0 Å². The van der Waals surface area contributed by atoms with Gasteiger partial charge in [-0.25, -0.2) is 4.98 Å². The number of benzene rings is 2. The highest BCUT2D eigenvalue weighted by molar-refractivity contribution is 5.94. The van der Waals surface area contributed by atoms with Crippen LogP contribution in [0.1, 0.15) is 33.8 Å². The molecule has 1 N–H and O–H groups in total. The van der Waals surface area contributed by atoms with Gasteiger partial charge >= 0.3 is 0 Å². The van der Waals surface area contributed by atoms with Crippen molar-refractivity contribution in [3.05, 3.63) is 95.7 Å². The Morgan fingerprint density at radius 3 is 2.06 bits per heavy atom. The molecule has 1 amide bonds. The van der Waals surface area contributed by atoms with Crippen molar-refractivity contribution in [2.45, 2.75) is 12.3 Å². The van der Waals surface area contributed by atoms with E-state index in [4.69, 9.17) is 0 Å². The summed E-state index contributed by atoms with van der Waals surface area (Å²) < 4.78 is 0. The predicted octanol–water partition coefficient (Wildman–Crippen LogP) is 3.79. The summed E-state index contributed by atoms with van der Waals surface area (Å²) >= 11 is 0. The van der Waals surface area contributed by atoms with E-state index in [0.717, 1.165) is 38.4 Å². The van der Waals surface area contributed by atoms with Crippen molar-refractivity contribution in [2.75, 3.05) is 44.7 Å². The van der Waals surface area contributed by atoms with E-state index in [-0.39, 0.29) is 11.8 Å². The number of hydrogen-bond donors (Lipinski definition) is 1. The Hall–Kier alpha value is -3.18. The molecule has 1 aromatic heterocycles. The first-order chi connectivity index (χ1) is 15.2. The highest BCUT2D eigenvalue weighted by Gasteiger charge is 2.17. The topological polar surface area (TPSA) is 48.5 Å². The third-order valence-electron chi connectivity index (χ3n) is 5.96. The van der Waals surface area contributed by atoms with Crippen LogP contribution in [0.4, 0.5) is 5.82 Å². The van der Waals surface area contributed by atoms with Gasteiger partial charge in [-0.2, -0.15) is 0 Å². The molecule has 1 aliphatic rings. The molecule has 0 spiro atoms. The lowest BCUT2D eigenvalue weighted by Gasteiger charge is -2.33. The van der Waals surface area contributed by atoms with Crippen LogP contribution < -0.4 is 10.2 Å². The van der Waals surface area contributed by atoms with E-state index in [1.165, 1.54) is 11.1 Å². The highest BCUT2D eigenvalue weighted by Crippen LogP contribution is 2.27. The Morgan fingerprint density at radius 1 is 0.903 bits per heavy atom. The summed E-state index contributed by atoms with van der Waals surface area (Å²) in [5, 5.41) is 3.07. The van der Waals surface area contributed by atoms with E-state index in [9.17, 15) is 4.79 Å². The van der Waals surface area contributed by atoms with Gasteiger partial charge in [0.2, 0.25) is 0 Å². The molecule has 1 aliphatic heterocycles. The molecule has 3 aromatic rings. The average molecular weight is 415 g/mol. The molecule has 160 valence electrons. The maximum Gasteiger partial charge on any atom is 0.252 e. The summed E-state index contributed by atoms with van der Waals surface area (Å²) in [5.41, 5.74) is 3.14. The van der Waals surface area contributed by atoms with Crippen molar-refractivity contribution in [3.8, 4) is 0 Å². The third kappa shape index (κ3) is 5.50. The minimum Gasteiger partial charge on any atom is -0.354 e. The second-order valence-corrected chi connectivity index (χ2v) is 8.11. The number of nitrogens with zero attached hydrogens (tertiary/aromatic N) is 3. The van der Waals surface area contributed by atoms with Crippen LogP contribution in [-0.4, -0.2) is 55.6 Å². The van der Waals surface area contributed by atoms with Crippen LogP contribution in [0.25, 0.3) is 0 Å². The van der Waals surface area contributed by atoms with Crippen molar-refractivity contribution in [1.29, 1.82) is 0 Å². The monoisotopic (exact) mass is 414 g/mol. The second kappa shape index (κ2) is 10.2. The van der Waals surface area contributed by atoms with E-state index in [2.05, 4.69) is 75.7 Å². The van der Waals surface area contributed by atoms with E-state index >= 15 is 0 Å². The standard InChI is InChI=1S/C26H30N4O/c1-29-16-18-30(19-17-29)25-13-12-23(20-28-25)26(31)27-15-14-24(21-8-4-2-5-9-21)22-10-6-3-7-11-22/h2-13,20,24H,14-19H2,1H3,(H,27,31).